The number of hydrogen-bond donors (Lipinski definition) is 3. The van der Waals surface area contributed by atoms with Crippen molar-refractivity contribution in [2.45, 2.75) is 43.1 Å². The van der Waals surface area contributed by atoms with Gasteiger partial charge in [-0.05, 0) is 34.5 Å². The van der Waals surface area contributed by atoms with Crippen molar-refractivity contribution >= 4 is 50.9 Å². The molecule has 1 amide bonds. The van der Waals surface area contributed by atoms with Crippen LogP contribution in [-0.4, -0.2) is 40.4 Å². The van der Waals surface area contributed by atoms with Gasteiger partial charge in [0.2, 0.25) is 0 Å². The van der Waals surface area contributed by atoms with Gasteiger partial charge in [-0.2, -0.15) is 22.0 Å². The maximum atomic E-state index is 14.3. The number of rotatable bonds is 8. The molecule has 184 valence electrons. The molecule has 1 fully saturated rings. The Balaban J connectivity index is 2.01. The summed E-state index contributed by atoms with van der Waals surface area (Å²) in [7, 11) is -5.97. The zero-order chi connectivity index (χ0) is 25.0. The van der Waals surface area contributed by atoms with E-state index in [9.17, 15) is 40.1 Å². The van der Waals surface area contributed by atoms with E-state index in [0.29, 0.717) is 0 Å². The highest BCUT2D eigenvalue weighted by atomic mass is 79.9. The molecule has 1 aromatic carbocycles. The van der Waals surface area contributed by atoms with Crippen molar-refractivity contribution in [3.8, 4) is 5.75 Å². The van der Waals surface area contributed by atoms with Gasteiger partial charge in [0.05, 0.1) is 17.3 Å². The van der Waals surface area contributed by atoms with E-state index in [1.807, 2.05) is 5.32 Å². The van der Waals surface area contributed by atoms with Crippen molar-refractivity contribution in [3.63, 3.8) is 0 Å². The highest BCUT2D eigenvalue weighted by Crippen LogP contribution is 2.63. The van der Waals surface area contributed by atoms with Gasteiger partial charge in [-0.15, -0.1) is 11.3 Å². The molecule has 0 radical (unpaired) electrons. The first-order valence-electron chi connectivity index (χ1n) is 9.02. The van der Waals surface area contributed by atoms with Crippen LogP contribution in [0, 0.1) is 0 Å². The number of halogens is 8. The van der Waals surface area contributed by atoms with Crippen molar-refractivity contribution in [3.05, 3.63) is 27.0 Å². The standard InChI is InChI=1S/C17H14BrF7NO5PS/c18-11-8-4-7(14(27)26-10-6-15(10,19)20)5-9(31-3-1-2-16(21,22)23)12(8)33-13(11)17(24,25)32(28,29)30/h4-5,10H,1-3,6H2,(H,26,27)(H2,28,29,30). The Kier molecular flexibility index (Phi) is 6.88. The van der Waals surface area contributed by atoms with Crippen LogP contribution in [-0.2, 0) is 10.2 Å². The molecule has 16 heteroatoms. The van der Waals surface area contributed by atoms with Gasteiger partial charge in [-0.1, -0.05) is 0 Å². The predicted octanol–water partition coefficient (Wildman–Crippen LogP) is 5.75. The summed E-state index contributed by atoms with van der Waals surface area (Å²) < 4.78 is 108. The van der Waals surface area contributed by atoms with E-state index < -0.39 is 72.5 Å². The number of carbonyl (C=O) groups excluding carboxylic acids is 1. The van der Waals surface area contributed by atoms with Crippen LogP contribution in [0.25, 0.3) is 10.1 Å². The summed E-state index contributed by atoms with van der Waals surface area (Å²) in [5.74, 6) is -4.43. The molecule has 0 spiro atoms. The summed E-state index contributed by atoms with van der Waals surface area (Å²) in [5, 5.41) is 1.88. The van der Waals surface area contributed by atoms with Crippen molar-refractivity contribution in [1.82, 2.24) is 5.32 Å². The molecule has 1 atom stereocenters. The third kappa shape index (κ3) is 5.64. The summed E-state index contributed by atoms with van der Waals surface area (Å²) in [4.78, 5) is 29.4. The van der Waals surface area contributed by atoms with Crippen LogP contribution < -0.4 is 10.1 Å². The summed E-state index contributed by atoms with van der Waals surface area (Å²) >= 11 is 3.02. The van der Waals surface area contributed by atoms with E-state index in [1.54, 1.807) is 0 Å². The Morgan fingerprint density at radius 3 is 2.39 bits per heavy atom. The number of ether oxygens (including phenoxy) is 1. The molecule has 1 aromatic heterocycles. The van der Waals surface area contributed by atoms with Gasteiger partial charge in [-0.3, -0.25) is 9.36 Å². The Morgan fingerprint density at radius 1 is 1.27 bits per heavy atom. The quantitative estimate of drug-likeness (QED) is 0.208. The van der Waals surface area contributed by atoms with E-state index in [1.165, 1.54) is 0 Å². The number of fused-ring (bicyclic) bond motifs is 1. The van der Waals surface area contributed by atoms with Gasteiger partial charge in [0, 0.05) is 28.3 Å². The van der Waals surface area contributed by atoms with Crippen LogP contribution >= 0.6 is 34.9 Å². The molecule has 1 heterocycles. The van der Waals surface area contributed by atoms with Crippen LogP contribution in [0.4, 0.5) is 30.7 Å². The van der Waals surface area contributed by atoms with Gasteiger partial charge < -0.3 is 19.8 Å². The number of amides is 1. The molecule has 1 saturated carbocycles. The fourth-order valence-corrected chi connectivity index (χ4v) is 5.74. The predicted molar refractivity (Wildman–Crippen MR) is 107 cm³/mol. The van der Waals surface area contributed by atoms with E-state index in [4.69, 9.17) is 14.5 Å². The van der Waals surface area contributed by atoms with Crippen molar-refractivity contribution < 1.29 is 54.6 Å². The maximum Gasteiger partial charge on any atom is 0.400 e. The molecule has 33 heavy (non-hydrogen) atoms. The fraction of sp³-hybridized carbons (Fsp3) is 0.471. The third-order valence-corrected chi connectivity index (χ3v) is 8.07. The molecule has 2 aromatic rings. The van der Waals surface area contributed by atoms with E-state index in [2.05, 4.69) is 15.9 Å². The summed E-state index contributed by atoms with van der Waals surface area (Å²) in [6, 6.07) is 0.569. The van der Waals surface area contributed by atoms with Crippen LogP contribution in [0.5, 0.6) is 5.75 Å². The second-order valence-electron chi connectivity index (χ2n) is 7.24. The summed E-state index contributed by atoms with van der Waals surface area (Å²) in [6.45, 7) is -0.528. The smallest absolute Gasteiger partial charge is 0.400 e. The minimum absolute atomic E-state index is 0.134. The SMILES string of the molecule is O=C(NC1CC1(F)F)c1cc(OCCCC(F)(F)F)c2sc(C(F)(F)P(=O)(O)O)c(Br)c2c1. The van der Waals surface area contributed by atoms with Gasteiger partial charge in [0.15, 0.2) is 0 Å². The number of alkyl halides is 7. The highest BCUT2D eigenvalue weighted by Gasteiger charge is 2.58. The molecule has 1 aliphatic rings. The lowest BCUT2D eigenvalue weighted by Gasteiger charge is -2.16. The molecule has 0 saturated heterocycles. The zero-order valence-electron chi connectivity index (χ0n) is 16.1. The van der Waals surface area contributed by atoms with E-state index >= 15 is 0 Å². The average molecular weight is 588 g/mol. The topological polar surface area (TPSA) is 95.9 Å². The number of carbonyl (C=O) groups is 1. The molecule has 3 rings (SSSR count). The van der Waals surface area contributed by atoms with Gasteiger partial charge in [0.1, 0.15) is 10.6 Å². The van der Waals surface area contributed by atoms with Crippen LogP contribution in [0.15, 0.2) is 16.6 Å². The van der Waals surface area contributed by atoms with Crippen LogP contribution in [0.2, 0.25) is 0 Å². The Hall–Kier alpha value is -1.41. The molecular formula is C17H14BrF7NO5PS. The molecule has 0 aliphatic heterocycles. The van der Waals surface area contributed by atoms with Crippen molar-refractivity contribution in [2.75, 3.05) is 6.61 Å². The molecule has 6 nitrogen and oxygen atoms in total. The molecule has 1 unspecified atom stereocenters. The van der Waals surface area contributed by atoms with Gasteiger partial charge in [0.25, 0.3) is 11.8 Å². The minimum atomic E-state index is -5.97. The minimum Gasteiger partial charge on any atom is -0.492 e. The highest BCUT2D eigenvalue weighted by molar-refractivity contribution is 9.10. The lowest BCUT2D eigenvalue weighted by Crippen LogP contribution is -2.29. The summed E-state index contributed by atoms with van der Waals surface area (Å²) in [5.41, 5.74) is -4.94. The maximum absolute atomic E-state index is 14.3. The number of thiophene rings is 1. The summed E-state index contributed by atoms with van der Waals surface area (Å²) in [6.07, 6.45) is -6.78. The van der Waals surface area contributed by atoms with Crippen LogP contribution in [0.1, 0.15) is 34.5 Å². The second kappa shape index (κ2) is 8.67. The van der Waals surface area contributed by atoms with Crippen molar-refractivity contribution in [1.29, 1.82) is 0 Å². The first-order valence-corrected chi connectivity index (χ1v) is 12.2. The lowest BCUT2D eigenvalue weighted by atomic mass is 10.1. The number of hydrogen-bond acceptors (Lipinski definition) is 4. The normalized spacial score (nSPS) is 18.4. The molecular weight excluding hydrogens is 574 g/mol. The first-order chi connectivity index (χ1) is 14.9. The van der Waals surface area contributed by atoms with Gasteiger partial charge in [-0.25, -0.2) is 8.78 Å². The second-order valence-corrected chi connectivity index (χ2v) is 10.7. The van der Waals surface area contributed by atoms with Crippen molar-refractivity contribution in [2.24, 2.45) is 0 Å². The third-order valence-electron chi connectivity index (χ3n) is 4.59. The Morgan fingerprint density at radius 2 is 1.88 bits per heavy atom. The fourth-order valence-electron chi connectivity index (χ4n) is 2.77. The largest absolute Gasteiger partial charge is 0.492 e. The molecule has 3 N–H and O–H groups in total. The number of benzene rings is 1. The van der Waals surface area contributed by atoms with Crippen LogP contribution in [0.3, 0.4) is 0 Å². The van der Waals surface area contributed by atoms with E-state index in [-0.39, 0.29) is 32.7 Å². The van der Waals surface area contributed by atoms with E-state index in [0.717, 1.165) is 12.1 Å². The monoisotopic (exact) mass is 587 g/mol. The Bertz CT molecular complexity index is 1130. The van der Waals surface area contributed by atoms with Gasteiger partial charge >= 0.3 is 19.4 Å². The molecule has 1 aliphatic carbocycles. The molecule has 0 bridgehead atoms. The average Bonchev–Trinajstić information content (AvgIpc) is 3.10. The number of nitrogens with one attached hydrogen (secondary N) is 1. The Labute approximate surface area is 193 Å². The lowest BCUT2D eigenvalue weighted by molar-refractivity contribution is -0.136. The first kappa shape index (κ1) is 26.2. The zero-order valence-corrected chi connectivity index (χ0v) is 19.4.